The van der Waals surface area contributed by atoms with Crippen molar-refractivity contribution in [2.45, 2.75) is 6.92 Å². The van der Waals surface area contributed by atoms with Gasteiger partial charge in [0.15, 0.2) is 0 Å². The van der Waals surface area contributed by atoms with Gasteiger partial charge in [-0.25, -0.2) is 0 Å². The normalized spacial score (nSPS) is 9.62. The zero-order valence-corrected chi connectivity index (χ0v) is 12.1. The fourth-order valence-corrected chi connectivity index (χ4v) is 1.84. The average Bonchev–Trinajstić information content (AvgIpc) is 2.50. The van der Waals surface area contributed by atoms with E-state index in [4.69, 9.17) is 15.2 Å². The highest BCUT2D eigenvalue weighted by molar-refractivity contribution is 5.39. The minimum Gasteiger partial charge on any atom is -0.490 e. The molecule has 0 heterocycles. The van der Waals surface area contributed by atoms with Crippen LogP contribution in [-0.2, 0) is 0 Å². The molecule has 0 radical (unpaired) electrons. The fraction of sp³-hybridized carbons (Fsp3) is 0.222. The Morgan fingerprint density at radius 3 is 2.29 bits per heavy atom. The molecule has 0 aliphatic rings. The van der Waals surface area contributed by atoms with E-state index in [9.17, 15) is 0 Å². The van der Waals surface area contributed by atoms with Gasteiger partial charge in [0.05, 0.1) is 6.54 Å². The lowest BCUT2D eigenvalue weighted by Gasteiger charge is -2.09. The van der Waals surface area contributed by atoms with Crippen LogP contribution in [0.1, 0.15) is 11.1 Å². The van der Waals surface area contributed by atoms with Crippen LogP contribution in [0, 0.1) is 18.8 Å². The third kappa shape index (κ3) is 5.21. The number of benzene rings is 2. The van der Waals surface area contributed by atoms with Crippen molar-refractivity contribution in [1.29, 1.82) is 0 Å². The highest BCUT2D eigenvalue weighted by Crippen LogP contribution is 2.14. The van der Waals surface area contributed by atoms with Crippen molar-refractivity contribution in [2.24, 2.45) is 5.73 Å². The minimum absolute atomic E-state index is 0.357. The van der Waals surface area contributed by atoms with Gasteiger partial charge in [-0.2, -0.15) is 0 Å². The number of hydrogen-bond acceptors (Lipinski definition) is 3. The van der Waals surface area contributed by atoms with Crippen molar-refractivity contribution in [3.05, 3.63) is 59.7 Å². The van der Waals surface area contributed by atoms with Crippen LogP contribution in [0.5, 0.6) is 11.5 Å². The van der Waals surface area contributed by atoms with Gasteiger partial charge in [0, 0.05) is 5.56 Å². The molecule has 0 fully saturated rings. The van der Waals surface area contributed by atoms with Gasteiger partial charge >= 0.3 is 0 Å². The molecule has 2 rings (SSSR count). The molecule has 108 valence electrons. The lowest BCUT2D eigenvalue weighted by atomic mass is 10.2. The van der Waals surface area contributed by atoms with Gasteiger partial charge in [-0.15, -0.1) is 0 Å². The van der Waals surface area contributed by atoms with E-state index in [0.29, 0.717) is 19.8 Å². The second-order valence-corrected chi connectivity index (χ2v) is 4.55. The second-order valence-electron chi connectivity index (χ2n) is 4.55. The summed E-state index contributed by atoms with van der Waals surface area (Å²) in [6.45, 7) is 3.39. The van der Waals surface area contributed by atoms with Crippen LogP contribution in [0.25, 0.3) is 0 Å². The maximum atomic E-state index is 5.65. The maximum Gasteiger partial charge on any atom is 0.122 e. The molecule has 0 atom stereocenters. The molecule has 3 heteroatoms. The average molecular weight is 281 g/mol. The standard InChI is InChI=1S/C18H19NO2/c1-15-5-2-8-17(13-15)20-11-12-21-18-9-3-6-16(14-18)7-4-10-19/h2-3,5-6,8-9,13-14H,10-12,19H2,1H3. The minimum atomic E-state index is 0.357. The van der Waals surface area contributed by atoms with Crippen LogP contribution in [0.2, 0.25) is 0 Å². The monoisotopic (exact) mass is 281 g/mol. The third-order valence-electron chi connectivity index (χ3n) is 2.78. The smallest absolute Gasteiger partial charge is 0.122 e. The summed E-state index contributed by atoms with van der Waals surface area (Å²) >= 11 is 0. The van der Waals surface area contributed by atoms with E-state index in [1.807, 2.05) is 55.5 Å². The Kier molecular flexibility index (Phi) is 5.69. The van der Waals surface area contributed by atoms with Crippen LogP contribution in [0.15, 0.2) is 48.5 Å². The first kappa shape index (κ1) is 15.0. The molecule has 0 saturated heterocycles. The lowest BCUT2D eigenvalue weighted by Crippen LogP contribution is -2.09. The van der Waals surface area contributed by atoms with Crippen molar-refractivity contribution in [3.63, 3.8) is 0 Å². The van der Waals surface area contributed by atoms with Crippen LogP contribution in [0.3, 0.4) is 0 Å². The number of nitrogens with two attached hydrogens (primary N) is 1. The first-order valence-electron chi connectivity index (χ1n) is 6.89. The van der Waals surface area contributed by atoms with Crippen LogP contribution >= 0.6 is 0 Å². The number of hydrogen-bond donors (Lipinski definition) is 1. The molecule has 0 bridgehead atoms. The predicted molar refractivity (Wildman–Crippen MR) is 84.5 cm³/mol. The highest BCUT2D eigenvalue weighted by atomic mass is 16.5. The summed E-state index contributed by atoms with van der Waals surface area (Å²) in [6.07, 6.45) is 0. The maximum absolute atomic E-state index is 5.65. The number of ether oxygens (including phenoxy) is 2. The van der Waals surface area contributed by atoms with Gasteiger partial charge in [0.25, 0.3) is 0 Å². The molecular formula is C18H19NO2. The molecular weight excluding hydrogens is 262 g/mol. The molecule has 2 aromatic carbocycles. The van der Waals surface area contributed by atoms with Gasteiger partial charge in [0.1, 0.15) is 24.7 Å². The topological polar surface area (TPSA) is 44.5 Å². The molecule has 0 aliphatic heterocycles. The zero-order valence-electron chi connectivity index (χ0n) is 12.1. The largest absolute Gasteiger partial charge is 0.490 e. The molecule has 3 nitrogen and oxygen atoms in total. The van der Waals surface area contributed by atoms with E-state index >= 15 is 0 Å². The second kappa shape index (κ2) is 7.98. The Labute approximate surface area is 125 Å². The Hall–Kier alpha value is -2.44. The van der Waals surface area contributed by atoms with E-state index in [2.05, 4.69) is 11.8 Å². The van der Waals surface area contributed by atoms with E-state index in [1.54, 1.807) is 0 Å². The summed E-state index contributed by atoms with van der Waals surface area (Å²) in [6, 6.07) is 15.6. The zero-order chi connectivity index (χ0) is 14.9. The first-order valence-corrected chi connectivity index (χ1v) is 6.89. The summed E-state index contributed by atoms with van der Waals surface area (Å²) in [5, 5.41) is 0. The van der Waals surface area contributed by atoms with Gasteiger partial charge in [-0.3, -0.25) is 0 Å². The Bertz CT molecular complexity index is 641. The summed E-state index contributed by atoms with van der Waals surface area (Å²) in [5.41, 5.74) is 7.44. The lowest BCUT2D eigenvalue weighted by molar-refractivity contribution is 0.217. The van der Waals surface area contributed by atoms with Gasteiger partial charge in [-0.05, 0) is 42.8 Å². The van der Waals surface area contributed by atoms with Gasteiger partial charge in [0.2, 0.25) is 0 Å². The van der Waals surface area contributed by atoms with Crippen molar-refractivity contribution in [1.82, 2.24) is 0 Å². The molecule has 2 aromatic rings. The molecule has 0 saturated carbocycles. The molecule has 0 aromatic heterocycles. The Balaban J connectivity index is 1.81. The SMILES string of the molecule is Cc1cccc(OCCOc2cccc(C#CCN)c2)c1. The van der Waals surface area contributed by atoms with Crippen LogP contribution < -0.4 is 15.2 Å². The quantitative estimate of drug-likeness (QED) is 0.677. The first-order chi connectivity index (χ1) is 10.3. The molecule has 21 heavy (non-hydrogen) atoms. The number of aryl methyl sites for hydroxylation is 1. The Morgan fingerprint density at radius 2 is 1.62 bits per heavy atom. The van der Waals surface area contributed by atoms with Crippen molar-refractivity contribution in [3.8, 4) is 23.3 Å². The van der Waals surface area contributed by atoms with Crippen molar-refractivity contribution < 1.29 is 9.47 Å². The van der Waals surface area contributed by atoms with Crippen LogP contribution in [-0.4, -0.2) is 19.8 Å². The molecule has 2 N–H and O–H groups in total. The van der Waals surface area contributed by atoms with Gasteiger partial charge < -0.3 is 15.2 Å². The summed E-state index contributed by atoms with van der Waals surface area (Å²) in [5.74, 6) is 7.45. The highest BCUT2D eigenvalue weighted by Gasteiger charge is 1.97. The predicted octanol–water partition coefficient (Wildman–Crippen LogP) is 2.76. The molecule has 0 amide bonds. The summed E-state index contributed by atoms with van der Waals surface area (Å²) in [4.78, 5) is 0. The summed E-state index contributed by atoms with van der Waals surface area (Å²) in [7, 11) is 0. The fourth-order valence-electron chi connectivity index (χ4n) is 1.84. The molecule has 0 spiro atoms. The Morgan fingerprint density at radius 1 is 0.952 bits per heavy atom. The van der Waals surface area contributed by atoms with Crippen LogP contribution in [0.4, 0.5) is 0 Å². The molecule has 0 unspecified atom stereocenters. The third-order valence-corrected chi connectivity index (χ3v) is 2.78. The van der Waals surface area contributed by atoms with E-state index in [1.165, 1.54) is 5.56 Å². The molecule has 0 aliphatic carbocycles. The van der Waals surface area contributed by atoms with Crippen molar-refractivity contribution >= 4 is 0 Å². The number of rotatable bonds is 5. The van der Waals surface area contributed by atoms with Gasteiger partial charge in [-0.1, -0.05) is 30.0 Å². The van der Waals surface area contributed by atoms with E-state index < -0.39 is 0 Å². The van der Waals surface area contributed by atoms with E-state index in [-0.39, 0.29) is 0 Å². The van der Waals surface area contributed by atoms with E-state index in [0.717, 1.165) is 17.1 Å². The van der Waals surface area contributed by atoms with Crippen molar-refractivity contribution in [2.75, 3.05) is 19.8 Å². The summed E-state index contributed by atoms with van der Waals surface area (Å²) < 4.78 is 11.3.